The Balaban J connectivity index is 1.98. The van der Waals surface area contributed by atoms with Crippen LogP contribution in [0.15, 0.2) is 94.7 Å². The van der Waals surface area contributed by atoms with Gasteiger partial charge in [0.2, 0.25) is 9.84 Å². The quantitative estimate of drug-likeness (QED) is 0.605. The Morgan fingerprint density at radius 3 is 2.03 bits per heavy atom. The van der Waals surface area contributed by atoms with Gasteiger partial charge in [-0.15, -0.1) is 0 Å². The van der Waals surface area contributed by atoms with Crippen LogP contribution < -0.4 is 4.90 Å². The Morgan fingerprint density at radius 1 is 0.800 bits per heavy atom. The first kappa shape index (κ1) is 20.1. The van der Waals surface area contributed by atoms with Crippen molar-refractivity contribution in [3.63, 3.8) is 0 Å². The van der Waals surface area contributed by atoms with E-state index in [9.17, 15) is 13.2 Å². The van der Waals surface area contributed by atoms with E-state index in [1.807, 2.05) is 61.5 Å². The summed E-state index contributed by atoms with van der Waals surface area (Å²) in [6.45, 7) is 5.54. The molecular weight excluding hydrogens is 394 g/mol. The summed E-state index contributed by atoms with van der Waals surface area (Å²) in [5.41, 5.74) is 1.93. The average molecular weight is 418 g/mol. The molecule has 0 saturated heterocycles. The van der Waals surface area contributed by atoms with E-state index in [4.69, 9.17) is 0 Å². The third-order valence-electron chi connectivity index (χ3n) is 5.70. The lowest BCUT2D eigenvalue weighted by Gasteiger charge is -2.38. The molecule has 0 aromatic heterocycles. The molecule has 4 rings (SSSR count). The minimum Gasteiger partial charge on any atom is -0.294 e. The predicted molar refractivity (Wildman–Crippen MR) is 119 cm³/mol. The lowest BCUT2D eigenvalue weighted by Crippen LogP contribution is -2.45. The van der Waals surface area contributed by atoms with E-state index < -0.39 is 15.4 Å². The largest absolute Gasteiger partial charge is 0.294 e. The van der Waals surface area contributed by atoms with E-state index in [-0.39, 0.29) is 15.7 Å². The summed E-state index contributed by atoms with van der Waals surface area (Å²) in [6.07, 6.45) is 1.27. The van der Waals surface area contributed by atoms with Gasteiger partial charge >= 0.3 is 0 Å². The van der Waals surface area contributed by atoms with Crippen LogP contribution in [0.1, 0.15) is 23.6 Å². The van der Waals surface area contributed by atoms with E-state index in [0.29, 0.717) is 11.3 Å². The first-order valence-corrected chi connectivity index (χ1v) is 11.2. The minimum absolute atomic E-state index is 0.0852. The fourth-order valence-corrected chi connectivity index (χ4v) is 6.05. The number of sulfone groups is 1. The molecule has 0 radical (unpaired) electrons. The standard InChI is InChI=1S/C25H23NO3S/c1-18-13-15-20(16-14-18)25(3)23(30(28,29)22-12-8-7-9-19(22)2)17-24(27)26(25)21-10-5-4-6-11-21/h4-17H,1-3H3. The van der Waals surface area contributed by atoms with Gasteiger partial charge in [-0.25, -0.2) is 8.42 Å². The van der Waals surface area contributed by atoms with E-state index in [2.05, 4.69) is 0 Å². The number of hydrogen-bond acceptors (Lipinski definition) is 3. The lowest BCUT2D eigenvalue weighted by molar-refractivity contribution is -0.114. The summed E-state index contributed by atoms with van der Waals surface area (Å²) in [6, 6.07) is 23.7. The van der Waals surface area contributed by atoms with Crippen molar-refractivity contribution in [1.82, 2.24) is 0 Å². The Morgan fingerprint density at radius 2 is 1.40 bits per heavy atom. The first-order valence-electron chi connectivity index (χ1n) is 9.75. The molecule has 1 aliphatic heterocycles. The highest BCUT2D eigenvalue weighted by molar-refractivity contribution is 7.95. The minimum atomic E-state index is -3.91. The van der Waals surface area contributed by atoms with Crippen molar-refractivity contribution in [1.29, 1.82) is 0 Å². The van der Waals surface area contributed by atoms with Crippen molar-refractivity contribution >= 4 is 21.4 Å². The molecule has 1 heterocycles. The zero-order valence-corrected chi connectivity index (χ0v) is 18.0. The van der Waals surface area contributed by atoms with Crippen molar-refractivity contribution in [3.8, 4) is 0 Å². The van der Waals surface area contributed by atoms with Crippen LogP contribution in [0.5, 0.6) is 0 Å². The van der Waals surface area contributed by atoms with E-state index in [0.717, 1.165) is 11.1 Å². The maximum Gasteiger partial charge on any atom is 0.253 e. The van der Waals surface area contributed by atoms with Gasteiger partial charge in [-0.05, 0) is 50.1 Å². The topological polar surface area (TPSA) is 54.5 Å². The molecule has 1 amide bonds. The molecule has 30 heavy (non-hydrogen) atoms. The Kier molecular flexibility index (Phi) is 4.86. The molecule has 3 aromatic carbocycles. The molecule has 5 heteroatoms. The molecule has 0 bridgehead atoms. The van der Waals surface area contributed by atoms with E-state index in [1.54, 1.807) is 43.0 Å². The lowest BCUT2D eigenvalue weighted by atomic mass is 9.90. The molecule has 3 aromatic rings. The van der Waals surface area contributed by atoms with Crippen LogP contribution in [0.2, 0.25) is 0 Å². The van der Waals surface area contributed by atoms with Crippen LogP contribution >= 0.6 is 0 Å². The summed E-state index contributed by atoms with van der Waals surface area (Å²) in [7, 11) is -3.91. The number of carbonyl (C=O) groups is 1. The second-order valence-electron chi connectivity index (χ2n) is 7.72. The number of rotatable bonds is 4. The summed E-state index contributed by atoms with van der Waals surface area (Å²) in [4.78, 5) is 15.1. The van der Waals surface area contributed by atoms with Gasteiger partial charge in [-0.1, -0.05) is 66.2 Å². The molecule has 4 nitrogen and oxygen atoms in total. The highest BCUT2D eigenvalue weighted by atomic mass is 32.2. The first-order chi connectivity index (χ1) is 14.3. The molecule has 0 aliphatic carbocycles. The second-order valence-corrected chi connectivity index (χ2v) is 9.61. The normalized spacial score (nSPS) is 19.1. The van der Waals surface area contributed by atoms with Gasteiger partial charge in [0, 0.05) is 11.8 Å². The van der Waals surface area contributed by atoms with Gasteiger partial charge in [0.25, 0.3) is 5.91 Å². The van der Waals surface area contributed by atoms with Gasteiger partial charge < -0.3 is 0 Å². The number of benzene rings is 3. The number of para-hydroxylation sites is 1. The Labute approximate surface area is 177 Å². The summed E-state index contributed by atoms with van der Waals surface area (Å²) in [5, 5.41) is 0. The number of carbonyl (C=O) groups excluding carboxylic acids is 1. The molecule has 0 N–H and O–H groups in total. The Hall–Kier alpha value is -3.18. The van der Waals surface area contributed by atoms with Crippen molar-refractivity contribution in [2.75, 3.05) is 4.90 Å². The zero-order chi connectivity index (χ0) is 21.5. The third kappa shape index (κ3) is 3.06. The van der Waals surface area contributed by atoms with Crippen LogP contribution in [0.25, 0.3) is 0 Å². The number of aryl methyl sites for hydroxylation is 2. The molecule has 152 valence electrons. The molecule has 1 unspecified atom stereocenters. The van der Waals surface area contributed by atoms with Crippen molar-refractivity contribution in [2.45, 2.75) is 31.2 Å². The van der Waals surface area contributed by atoms with Crippen LogP contribution in [0.3, 0.4) is 0 Å². The van der Waals surface area contributed by atoms with Crippen molar-refractivity contribution in [3.05, 3.63) is 107 Å². The van der Waals surface area contributed by atoms with Crippen LogP contribution in [0, 0.1) is 13.8 Å². The molecule has 1 atom stereocenters. The van der Waals surface area contributed by atoms with Gasteiger partial charge in [0.1, 0.15) is 5.54 Å². The molecule has 1 aliphatic rings. The summed E-state index contributed by atoms with van der Waals surface area (Å²) >= 11 is 0. The molecule has 0 saturated carbocycles. The van der Waals surface area contributed by atoms with Crippen LogP contribution in [-0.4, -0.2) is 14.3 Å². The van der Waals surface area contributed by atoms with E-state index >= 15 is 0 Å². The van der Waals surface area contributed by atoms with Gasteiger partial charge in [0.05, 0.1) is 9.80 Å². The van der Waals surface area contributed by atoms with Gasteiger partial charge in [0.15, 0.2) is 0 Å². The zero-order valence-electron chi connectivity index (χ0n) is 17.2. The fraction of sp³-hybridized carbons (Fsp3) is 0.160. The Bertz CT molecular complexity index is 1250. The highest BCUT2D eigenvalue weighted by Gasteiger charge is 2.51. The summed E-state index contributed by atoms with van der Waals surface area (Å²) in [5.74, 6) is -0.351. The molecular formula is C25H23NO3S. The maximum absolute atomic E-state index is 13.8. The summed E-state index contributed by atoms with van der Waals surface area (Å²) < 4.78 is 27.6. The van der Waals surface area contributed by atoms with Gasteiger partial charge in [-0.2, -0.15) is 0 Å². The molecule has 0 fully saturated rings. The van der Waals surface area contributed by atoms with Crippen molar-refractivity contribution in [2.24, 2.45) is 0 Å². The smallest absolute Gasteiger partial charge is 0.253 e. The number of anilines is 1. The second kappa shape index (κ2) is 7.26. The fourth-order valence-electron chi connectivity index (χ4n) is 4.08. The van der Waals surface area contributed by atoms with Gasteiger partial charge in [-0.3, -0.25) is 9.69 Å². The maximum atomic E-state index is 13.8. The monoisotopic (exact) mass is 417 g/mol. The number of hydrogen-bond donors (Lipinski definition) is 0. The SMILES string of the molecule is Cc1ccc(C2(C)C(S(=O)(=O)c3ccccc3C)=CC(=O)N2c2ccccc2)cc1. The van der Waals surface area contributed by atoms with Crippen molar-refractivity contribution < 1.29 is 13.2 Å². The highest BCUT2D eigenvalue weighted by Crippen LogP contribution is 2.47. The third-order valence-corrected chi connectivity index (χ3v) is 7.83. The number of nitrogens with zero attached hydrogens (tertiary/aromatic N) is 1. The van der Waals surface area contributed by atoms with E-state index in [1.165, 1.54) is 6.08 Å². The number of amides is 1. The van der Waals surface area contributed by atoms with Crippen LogP contribution in [0.4, 0.5) is 5.69 Å². The van der Waals surface area contributed by atoms with Crippen LogP contribution in [-0.2, 0) is 20.2 Å². The molecule has 0 spiro atoms. The predicted octanol–water partition coefficient (Wildman–Crippen LogP) is 4.92. The average Bonchev–Trinajstić information content (AvgIpc) is 3.01.